The summed E-state index contributed by atoms with van der Waals surface area (Å²) >= 11 is 0. The molecule has 1 saturated heterocycles. The normalized spacial score (nSPS) is 21.4. The number of morpholine rings is 1. The van der Waals surface area contributed by atoms with Crippen molar-refractivity contribution in [2.24, 2.45) is 0 Å². The standard InChI is InChI=1S/C13H19FN2O/c1-11-10-17-8-7-16(11)6-5-15-13-4-2-3-12(14)9-13/h2-4,9,11,15H,5-8,10H2,1H3. The van der Waals surface area contributed by atoms with Gasteiger partial charge in [-0.15, -0.1) is 0 Å². The Labute approximate surface area is 102 Å². The predicted molar refractivity (Wildman–Crippen MR) is 66.7 cm³/mol. The van der Waals surface area contributed by atoms with E-state index >= 15 is 0 Å². The van der Waals surface area contributed by atoms with Crippen LogP contribution in [0.15, 0.2) is 24.3 Å². The van der Waals surface area contributed by atoms with E-state index < -0.39 is 0 Å². The molecule has 4 heteroatoms. The van der Waals surface area contributed by atoms with E-state index in [0.717, 1.165) is 38.5 Å². The van der Waals surface area contributed by atoms with Crippen LogP contribution in [0.4, 0.5) is 10.1 Å². The van der Waals surface area contributed by atoms with Crippen molar-refractivity contribution in [2.75, 3.05) is 38.2 Å². The van der Waals surface area contributed by atoms with E-state index in [-0.39, 0.29) is 5.82 Å². The maximum absolute atomic E-state index is 12.9. The molecule has 2 rings (SSSR count). The fourth-order valence-electron chi connectivity index (χ4n) is 2.04. The van der Waals surface area contributed by atoms with E-state index in [9.17, 15) is 4.39 Å². The van der Waals surface area contributed by atoms with Crippen molar-refractivity contribution in [3.05, 3.63) is 30.1 Å². The number of rotatable bonds is 4. The van der Waals surface area contributed by atoms with Crippen molar-refractivity contribution in [3.8, 4) is 0 Å². The topological polar surface area (TPSA) is 24.5 Å². The van der Waals surface area contributed by atoms with E-state index in [1.807, 2.05) is 6.07 Å². The Hall–Kier alpha value is -1.13. The average molecular weight is 238 g/mol. The number of hydrogen-bond acceptors (Lipinski definition) is 3. The Morgan fingerprint density at radius 1 is 1.53 bits per heavy atom. The quantitative estimate of drug-likeness (QED) is 0.867. The molecule has 3 nitrogen and oxygen atoms in total. The number of nitrogens with one attached hydrogen (secondary N) is 1. The molecule has 0 radical (unpaired) electrons. The van der Waals surface area contributed by atoms with Gasteiger partial charge in [0, 0.05) is 31.4 Å². The van der Waals surface area contributed by atoms with Crippen LogP contribution in [-0.2, 0) is 4.74 Å². The van der Waals surface area contributed by atoms with E-state index in [0.29, 0.717) is 6.04 Å². The highest BCUT2D eigenvalue weighted by molar-refractivity contribution is 5.42. The monoisotopic (exact) mass is 238 g/mol. The molecule has 1 heterocycles. The first-order valence-electron chi connectivity index (χ1n) is 6.07. The summed E-state index contributed by atoms with van der Waals surface area (Å²) in [6.07, 6.45) is 0. The molecule has 1 fully saturated rings. The first-order valence-corrected chi connectivity index (χ1v) is 6.07. The van der Waals surface area contributed by atoms with Gasteiger partial charge in [0.1, 0.15) is 5.82 Å². The highest BCUT2D eigenvalue weighted by Crippen LogP contribution is 2.09. The summed E-state index contributed by atoms with van der Waals surface area (Å²) in [5.41, 5.74) is 0.839. The number of halogens is 1. The Bertz CT molecular complexity index is 359. The van der Waals surface area contributed by atoms with Crippen LogP contribution in [0.3, 0.4) is 0 Å². The molecule has 1 aromatic carbocycles. The minimum atomic E-state index is -0.199. The zero-order valence-corrected chi connectivity index (χ0v) is 10.2. The lowest BCUT2D eigenvalue weighted by atomic mass is 10.2. The van der Waals surface area contributed by atoms with Crippen molar-refractivity contribution >= 4 is 5.69 Å². The molecule has 0 saturated carbocycles. The summed E-state index contributed by atoms with van der Waals surface area (Å²) in [7, 11) is 0. The fourth-order valence-corrected chi connectivity index (χ4v) is 2.04. The Morgan fingerprint density at radius 2 is 2.41 bits per heavy atom. The molecule has 0 spiro atoms. The molecular weight excluding hydrogens is 219 g/mol. The summed E-state index contributed by atoms with van der Waals surface area (Å²) in [5, 5.41) is 3.23. The zero-order chi connectivity index (χ0) is 12.1. The second-order valence-corrected chi connectivity index (χ2v) is 4.40. The first-order chi connectivity index (χ1) is 8.25. The molecule has 1 aromatic rings. The number of benzene rings is 1. The molecule has 94 valence electrons. The molecule has 0 bridgehead atoms. The van der Waals surface area contributed by atoms with Crippen LogP contribution >= 0.6 is 0 Å². The van der Waals surface area contributed by atoms with E-state index in [1.54, 1.807) is 6.07 Å². The summed E-state index contributed by atoms with van der Waals surface area (Å²) in [4.78, 5) is 2.38. The van der Waals surface area contributed by atoms with Crippen molar-refractivity contribution in [1.29, 1.82) is 0 Å². The third kappa shape index (κ3) is 3.68. The summed E-state index contributed by atoms with van der Waals surface area (Å²) in [6.45, 7) is 6.55. The largest absolute Gasteiger partial charge is 0.384 e. The lowest BCUT2D eigenvalue weighted by molar-refractivity contribution is 0.00181. The first kappa shape index (κ1) is 12.3. The highest BCUT2D eigenvalue weighted by atomic mass is 19.1. The number of hydrogen-bond donors (Lipinski definition) is 1. The summed E-state index contributed by atoms with van der Waals surface area (Å²) in [6, 6.07) is 7.04. The molecule has 0 aliphatic carbocycles. The Kier molecular flexibility index (Phi) is 4.34. The summed E-state index contributed by atoms with van der Waals surface area (Å²) < 4.78 is 18.3. The van der Waals surface area contributed by atoms with Crippen molar-refractivity contribution < 1.29 is 9.13 Å². The second-order valence-electron chi connectivity index (χ2n) is 4.40. The Balaban J connectivity index is 1.75. The maximum atomic E-state index is 12.9. The van der Waals surface area contributed by atoms with E-state index in [2.05, 4.69) is 17.1 Å². The molecule has 1 aliphatic heterocycles. The third-order valence-corrected chi connectivity index (χ3v) is 3.06. The van der Waals surface area contributed by atoms with Crippen LogP contribution in [0.25, 0.3) is 0 Å². The SMILES string of the molecule is CC1COCCN1CCNc1cccc(F)c1. The number of anilines is 1. The molecule has 0 aromatic heterocycles. The van der Waals surface area contributed by atoms with Crippen LogP contribution in [0.1, 0.15) is 6.92 Å². The van der Waals surface area contributed by atoms with Gasteiger partial charge in [0.05, 0.1) is 13.2 Å². The van der Waals surface area contributed by atoms with Gasteiger partial charge in [-0.3, -0.25) is 4.90 Å². The van der Waals surface area contributed by atoms with Crippen molar-refractivity contribution in [1.82, 2.24) is 4.90 Å². The van der Waals surface area contributed by atoms with Gasteiger partial charge in [0.15, 0.2) is 0 Å². The molecule has 0 amide bonds. The molecular formula is C13H19FN2O. The van der Waals surface area contributed by atoms with Gasteiger partial charge >= 0.3 is 0 Å². The molecule has 1 atom stereocenters. The van der Waals surface area contributed by atoms with Crippen molar-refractivity contribution in [3.63, 3.8) is 0 Å². The van der Waals surface area contributed by atoms with Gasteiger partial charge in [-0.2, -0.15) is 0 Å². The minimum Gasteiger partial charge on any atom is -0.384 e. The van der Waals surface area contributed by atoms with Crippen LogP contribution in [-0.4, -0.2) is 43.8 Å². The lowest BCUT2D eigenvalue weighted by Gasteiger charge is -2.33. The minimum absolute atomic E-state index is 0.199. The van der Waals surface area contributed by atoms with Crippen molar-refractivity contribution in [2.45, 2.75) is 13.0 Å². The van der Waals surface area contributed by atoms with Crippen LogP contribution in [0.2, 0.25) is 0 Å². The predicted octanol–water partition coefficient (Wildman–Crippen LogP) is 1.96. The van der Waals surface area contributed by atoms with Gasteiger partial charge in [0.25, 0.3) is 0 Å². The molecule has 1 N–H and O–H groups in total. The molecule has 1 aliphatic rings. The van der Waals surface area contributed by atoms with E-state index in [4.69, 9.17) is 4.74 Å². The van der Waals surface area contributed by atoms with Gasteiger partial charge in [0.2, 0.25) is 0 Å². The van der Waals surface area contributed by atoms with E-state index in [1.165, 1.54) is 12.1 Å². The summed E-state index contributed by atoms with van der Waals surface area (Å²) in [5.74, 6) is -0.199. The van der Waals surface area contributed by atoms with Gasteiger partial charge in [-0.1, -0.05) is 6.07 Å². The van der Waals surface area contributed by atoms with Crippen LogP contribution < -0.4 is 5.32 Å². The third-order valence-electron chi connectivity index (χ3n) is 3.06. The zero-order valence-electron chi connectivity index (χ0n) is 10.2. The van der Waals surface area contributed by atoms with Gasteiger partial charge in [-0.05, 0) is 25.1 Å². The molecule has 1 unspecified atom stereocenters. The average Bonchev–Trinajstić information content (AvgIpc) is 2.32. The number of ether oxygens (including phenoxy) is 1. The van der Waals surface area contributed by atoms with Gasteiger partial charge in [-0.25, -0.2) is 4.39 Å². The highest BCUT2D eigenvalue weighted by Gasteiger charge is 2.17. The maximum Gasteiger partial charge on any atom is 0.125 e. The smallest absolute Gasteiger partial charge is 0.125 e. The van der Waals surface area contributed by atoms with Gasteiger partial charge < -0.3 is 10.1 Å². The van der Waals surface area contributed by atoms with Crippen LogP contribution in [0, 0.1) is 5.82 Å². The fraction of sp³-hybridized carbons (Fsp3) is 0.538. The number of nitrogens with zero attached hydrogens (tertiary/aromatic N) is 1. The lowest BCUT2D eigenvalue weighted by Crippen LogP contribution is -2.45. The molecule has 17 heavy (non-hydrogen) atoms. The Morgan fingerprint density at radius 3 is 3.18 bits per heavy atom. The second kappa shape index (κ2) is 5.98. The van der Waals surface area contributed by atoms with Crippen LogP contribution in [0.5, 0.6) is 0 Å².